The van der Waals surface area contributed by atoms with Crippen LogP contribution in [-0.4, -0.2) is 28.9 Å². The number of halogens is 4. The van der Waals surface area contributed by atoms with Gasteiger partial charge in [-0.1, -0.05) is 17.7 Å². The van der Waals surface area contributed by atoms with Gasteiger partial charge in [-0.2, -0.15) is 10.1 Å². The van der Waals surface area contributed by atoms with E-state index >= 15 is 0 Å². The lowest BCUT2D eigenvalue weighted by atomic mass is 10.2. The van der Waals surface area contributed by atoms with E-state index in [0.29, 0.717) is 16.5 Å². The number of pyridine rings is 1. The normalized spacial score (nSPS) is 11.3. The van der Waals surface area contributed by atoms with Crippen LogP contribution >= 0.6 is 11.6 Å². The summed E-state index contributed by atoms with van der Waals surface area (Å²) in [4.78, 5) is 34.5. The maximum atomic E-state index is 14.6. The molecule has 37 heavy (non-hydrogen) atoms. The number of hydrogen-bond acceptors (Lipinski definition) is 6. The van der Waals surface area contributed by atoms with E-state index in [2.05, 4.69) is 20.4 Å². The number of aromatic nitrogens is 6. The second kappa shape index (κ2) is 9.21. The van der Waals surface area contributed by atoms with Gasteiger partial charge in [-0.3, -0.25) is 14.2 Å². The summed E-state index contributed by atoms with van der Waals surface area (Å²) >= 11 is 6.39. The molecule has 9 nitrogen and oxygen atoms in total. The van der Waals surface area contributed by atoms with Gasteiger partial charge < -0.3 is 5.32 Å². The van der Waals surface area contributed by atoms with Gasteiger partial charge in [0, 0.05) is 30.4 Å². The number of nitrogens with zero attached hydrogens (tertiary/aromatic N) is 6. The molecule has 188 valence electrons. The second-order valence-electron chi connectivity index (χ2n) is 8.30. The van der Waals surface area contributed by atoms with Gasteiger partial charge in [0.05, 0.1) is 34.7 Å². The second-order valence-corrected chi connectivity index (χ2v) is 8.70. The first-order valence-corrected chi connectivity index (χ1v) is 11.2. The number of nitrogens with one attached hydrogen (secondary N) is 1. The lowest BCUT2D eigenvalue weighted by Crippen LogP contribution is -2.42. The Morgan fingerprint density at radius 2 is 1.84 bits per heavy atom. The Kier molecular flexibility index (Phi) is 6.04. The molecule has 0 unspecified atom stereocenters. The Balaban J connectivity index is 1.70. The van der Waals surface area contributed by atoms with Crippen LogP contribution in [0.15, 0.2) is 58.5 Å². The Morgan fingerprint density at radius 3 is 2.59 bits per heavy atom. The van der Waals surface area contributed by atoms with Crippen molar-refractivity contribution >= 4 is 34.1 Å². The predicted octanol–water partition coefficient (Wildman–Crippen LogP) is 3.85. The zero-order chi connectivity index (χ0) is 26.4. The van der Waals surface area contributed by atoms with Crippen LogP contribution in [-0.2, 0) is 13.6 Å². The summed E-state index contributed by atoms with van der Waals surface area (Å²) in [5, 5.41) is 8.02. The average molecular weight is 528 g/mol. The highest BCUT2D eigenvalue weighted by Gasteiger charge is 2.20. The molecule has 1 N–H and O–H groups in total. The van der Waals surface area contributed by atoms with Crippen molar-refractivity contribution in [2.75, 3.05) is 5.32 Å². The van der Waals surface area contributed by atoms with E-state index in [4.69, 9.17) is 11.6 Å². The van der Waals surface area contributed by atoms with Gasteiger partial charge >= 0.3 is 11.4 Å². The molecule has 3 heterocycles. The van der Waals surface area contributed by atoms with Gasteiger partial charge in [-0.25, -0.2) is 27.3 Å². The SMILES string of the molecule is Cc1cncc(-n2c(=O)nc(Nc3cc4cn(C)nc4cc3Cl)n(Cc3ccc(F)c(F)c3F)c2=O)c1. The van der Waals surface area contributed by atoms with Crippen LogP contribution < -0.4 is 16.7 Å². The fourth-order valence-corrected chi connectivity index (χ4v) is 4.06. The lowest BCUT2D eigenvalue weighted by molar-refractivity contribution is 0.438. The summed E-state index contributed by atoms with van der Waals surface area (Å²) in [7, 11) is 1.73. The van der Waals surface area contributed by atoms with Crippen molar-refractivity contribution in [3.8, 4) is 5.69 Å². The van der Waals surface area contributed by atoms with Crippen LogP contribution in [0.1, 0.15) is 11.1 Å². The molecule has 5 aromatic rings. The monoisotopic (exact) mass is 527 g/mol. The first-order chi connectivity index (χ1) is 17.6. The lowest BCUT2D eigenvalue weighted by Gasteiger charge is -2.17. The van der Waals surface area contributed by atoms with Crippen LogP contribution in [0.2, 0.25) is 5.02 Å². The molecule has 0 aliphatic rings. The maximum Gasteiger partial charge on any atom is 0.359 e. The van der Waals surface area contributed by atoms with Crippen molar-refractivity contribution in [2.24, 2.45) is 7.05 Å². The maximum absolute atomic E-state index is 14.6. The Hall–Kier alpha value is -4.45. The molecule has 0 radical (unpaired) electrons. The molecule has 0 atom stereocenters. The molecule has 0 spiro atoms. The van der Waals surface area contributed by atoms with Crippen LogP contribution in [0.3, 0.4) is 0 Å². The Bertz CT molecular complexity index is 1810. The largest absolute Gasteiger partial charge is 0.359 e. The van der Waals surface area contributed by atoms with Gasteiger partial charge in [-0.05, 0) is 36.8 Å². The van der Waals surface area contributed by atoms with E-state index in [1.807, 2.05) is 0 Å². The van der Waals surface area contributed by atoms with Gasteiger partial charge in [0.15, 0.2) is 17.5 Å². The summed E-state index contributed by atoms with van der Waals surface area (Å²) in [6.07, 6.45) is 4.56. The van der Waals surface area contributed by atoms with Crippen molar-refractivity contribution in [3.05, 3.63) is 103 Å². The zero-order valence-corrected chi connectivity index (χ0v) is 20.1. The summed E-state index contributed by atoms with van der Waals surface area (Å²) in [6, 6.07) is 6.50. The van der Waals surface area contributed by atoms with Crippen LogP contribution in [0.4, 0.5) is 24.8 Å². The molecule has 2 aromatic carbocycles. The van der Waals surface area contributed by atoms with E-state index in [-0.39, 0.29) is 27.9 Å². The van der Waals surface area contributed by atoms with Crippen molar-refractivity contribution in [3.63, 3.8) is 0 Å². The van der Waals surface area contributed by atoms with Crippen molar-refractivity contribution in [1.29, 1.82) is 0 Å². The quantitative estimate of drug-likeness (QED) is 0.349. The van der Waals surface area contributed by atoms with Crippen molar-refractivity contribution in [1.82, 2.24) is 28.9 Å². The molecule has 0 saturated heterocycles. The highest BCUT2D eigenvalue weighted by molar-refractivity contribution is 6.34. The molecule has 0 aliphatic carbocycles. The fraction of sp³-hybridized carbons (Fsp3) is 0.125. The minimum Gasteiger partial charge on any atom is -0.324 e. The number of aryl methyl sites for hydroxylation is 2. The highest BCUT2D eigenvalue weighted by Crippen LogP contribution is 2.29. The standard InChI is InChI=1S/C24H17ClF3N7O2/c1-12-5-15(9-29-8-12)35-23(36)31-22(30-19-6-14-10-33(2)32-18(14)7-16(19)25)34(24(35)37)11-13-3-4-17(26)21(28)20(13)27/h3-10H,11H2,1-2H3,(H,30,31,36). The van der Waals surface area contributed by atoms with Gasteiger partial charge in [0.1, 0.15) is 0 Å². The number of benzene rings is 2. The predicted molar refractivity (Wildman–Crippen MR) is 131 cm³/mol. The molecular weight excluding hydrogens is 511 g/mol. The van der Waals surface area contributed by atoms with Crippen molar-refractivity contribution in [2.45, 2.75) is 13.5 Å². The Labute approximate surface area is 211 Å². The molecule has 3 aromatic heterocycles. The summed E-state index contributed by atoms with van der Waals surface area (Å²) < 4.78 is 45.3. The number of anilines is 2. The zero-order valence-electron chi connectivity index (χ0n) is 19.3. The third-order valence-corrected chi connectivity index (χ3v) is 5.90. The minimum absolute atomic E-state index is 0.128. The smallest absolute Gasteiger partial charge is 0.324 e. The van der Waals surface area contributed by atoms with Gasteiger partial charge in [0.2, 0.25) is 5.95 Å². The van der Waals surface area contributed by atoms with Gasteiger partial charge in [-0.15, -0.1) is 0 Å². The van der Waals surface area contributed by atoms with Crippen molar-refractivity contribution < 1.29 is 13.2 Å². The molecule has 13 heteroatoms. The minimum atomic E-state index is -1.69. The van der Waals surface area contributed by atoms with E-state index < -0.39 is 35.4 Å². The van der Waals surface area contributed by atoms with Crippen LogP contribution in [0.5, 0.6) is 0 Å². The topological polar surface area (TPSA) is 99.6 Å². The van der Waals surface area contributed by atoms with E-state index in [1.54, 1.807) is 43.0 Å². The molecule has 0 amide bonds. The number of rotatable bonds is 5. The Morgan fingerprint density at radius 1 is 1.05 bits per heavy atom. The number of hydrogen-bond donors (Lipinski definition) is 1. The first-order valence-electron chi connectivity index (χ1n) is 10.8. The average Bonchev–Trinajstić information content (AvgIpc) is 3.20. The molecular formula is C24H17ClF3N7O2. The third-order valence-electron chi connectivity index (χ3n) is 5.59. The van der Waals surface area contributed by atoms with E-state index in [9.17, 15) is 22.8 Å². The summed E-state index contributed by atoms with van der Waals surface area (Å²) in [5.74, 6) is -4.82. The van der Waals surface area contributed by atoms with E-state index in [0.717, 1.165) is 21.3 Å². The number of fused-ring (bicyclic) bond motifs is 1. The fourth-order valence-electron chi connectivity index (χ4n) is 3.86. The molecule has 0 aliphatic heterocycles. The molecule has 5 rings (SSSR count). The summed E-state index contributed by atoms with van der Waals surface area (Å²) in [6.45, 7) is 1.14. The molecule has 0 saturated carbocycles. The van der Waals surface area contributed by atoms with Crippen LogP contribution in [0, 0.1) is 24.4 Å². The van der Waals surface area contributed by atoms with Gasteiger partial charge in [0.25, 0.3) is 0 Å². The van der Waals surface area contributed by atoms with Crippen LogP contribution in [0.25, 0.3) is 16.6 Å². The highest BCUT2D eigenvalue weighted by atomic mass is 35.5. The first kappa shape index (κ1) is 24.3. The van der Waals surface area contributed by atoms with E-state index in [1.165, 1.54) is 12.4 Å². The third kappa shape index (κ3) is 4.47. The molecule has 0 bridgehead atoms. The molecule has 0 fully saturated rings. The summed E-state index contributed by atoms with van der Waals surface area (Å²) in [5.41, 5.74) is -0.521.